The van der Waals surface area contributed by atoms with Crippen LogP contribution in [-0.2, 0) is 5.41 Å². The van der Waals surface area contributed by atoms with Crippen LogP contribution in [0.15, 0.2) is 164 Å². The van der Waals surface area contributed by atoms with Crippen molar-refractivity contribution < 1.29 is 0 Å². The summed E-state index contributed by atoms with van der Waals surface area (Å²) in [5.74, 6) is 4.23. The van der Waals surface area contributed by atoms with Crippen LogP contribution in [0.5, 0.6) is 0 Å². The Kier molecular flexibility index (Phi) is 9.46. The van der Waals surface area contributed by atoms with Gasteiger partial charge in [0.1, 0.15) is 0 Å². The van der Waals surface area contributed by atoms with Crippen molar-refractivity contribution in [1.29, 1.82) is 5.26 Å². The Balaban J connectivity index is 0.981. The molecule has 2 aliphatic carbocycles. The van der Waals surface area contributed by atoms with Gasteiger partial charge in [-0.05, 0) is 129 Å². The van der Waals surface area contributed by atoms with E-state index in [4.69, 9.17) is 15.0 Å². The van der Waals surface area contributed by atoms with Gasteiger partial charge in [-0.2, -0.15) is 5.26 Å². The topological polar surface area (TPSA) is 62.5 Å². The summed E-state index contributed by atoms with van der Waals surface area (Å²) in [7, 11) is 0. The quantitative estimate of drug-likeness (QED) is 0.162. The highest BCUT2D eigenvalue weighted by Crippen LogP contribution is 2.54. The van der Waals surface area contributed by atoms with Crippen LogP contribution in [0, 0.1) is 29.1 Å². The molecule has 1 aromatic heterocycles. The standard InChI is InChI=1S/C55H46N4/c1-36-30-39-31-37(2)33-55(32-36,34-39)48-28-26-41(27-29-48)40-18-22-46(23-19-40)53-57-52(45-16-14-38(35-56)15-17-45)58-54(59-53)47-24-20-43(21-25-47)50-13-7-11-44-10-6-12-49(51(44)50)42-8-4-3-5-9-42/h3-29,36-37,39H,30-34H2,1-2H3/t36-,37+,39-,55?. The summed E-state index contributed by atoms with van der Waals surface area (Å²) in [6.45, 7) is 4.92. The van der Waals surface area contributed by atoms with Crippen LogP contribution in [0.2, 0.25) is 0 Å². The van der Waals surface area contributed by atoms with Gasteiger partial charge in [0, 0.05) is 16.7 Å². The average Bonchev–Trinajstić information content (AvgIpc) is 3.28. The molecule has 8 aromatic rings. The maximum absolute atomic E-state index is 9.46. The second-order valence-electron chi connectivity index (χ2n) is 17.2. The number of fused-ring (bicyclic) bond motifs is 3. The van der Waals surface area contributed by atoms with Crippen LogP contribution in [0.1, 0.15) is 57.1 Å². The second-order valence-corrected chi connectivity index (χ2v) is 17.2. The van der Waals surface area contributed by atoms with Gasteiger partial charge < -0.3 is 0 Å². The van der Waals surface area contributed by atoms with Gasteiger partial charge in [0.25, 0.3) is 0 Å². The summed E-state index contributed by atoms with van der Waals surface area (Å²) in [6, 6.07) is 59.9. The van der Waals surface area contributed by atoms with Crippen LogP contribution in [0.3, 0.4) is 0 Å². The molecule has 59 heavy (non-hydrogen) atoms. The zero-order valence-corrected chi connectivity index (χ0v) is 33.6. The number of hydrogen-bond donors (Lipinski definition) is 0. The van der Waals surface area contributed by atoms with Crippen LogP contribution >= 0.6 is 0 Å². The van der Waals surface area contributed by atoms with Crippen molar-refractivity contribution >= 4 is 10.8 Å². The number of nitriles is 1. The fourth-order valence-electron chi connectivity index (χ4n) is 10.6. The lowest BCUT2D eigenvalue weighted by atomic mass is 9.54. The molecule has 286 valence electrons. The third-order valence-electron chi connectivity index (χ3n) is 13.0. The number of nitrogens with zero attached hydrogens (tertiary/aromatic N) is 4. The first-order chi connectivity index (χ1) is 28.9. The van der Waals surface area contributed by atoms with Gasteiger partial charge in [-0.25, -0.2) is 15.0 Å². The Bertz CT molecular complexity index is 2790. The molecule has 1 heterocycles. The molecule has 0 aliphatic heterocycles. The third-order valence-corrected chi connectivity index (χ3v) is 13.0. The lowest BCUT2D eigenvalue weighted by Crippen LogP contribution is -2.42. The van der Waals surface area contributed by atoms with E-state index in [1.165, 1.54) is 76.3 Å². The minimum absolute atomic E-state index is 0.327. The van der Waals surface area contributed by atoms with E-state index >= 15 is 0 Å². The van der Waals surface area contributed by atoms with Crippen molar-refractivity contribution in [3.8, 4) is 73.6 Å². The molecular weight excluding hydrogens is 717 g/mol. The summed E-state index contributed by atoms with van der Waals surface area (Å²) >= 11 is 0. The van der Waals surface area contributed by atoms with Crippen LogP contribution in [-0.4, -0.2) is 15.0 Å². The molecule has 0 N–H and O–H groups in total. The molecule has 1 unspecified atom stereocenters. The van der Waals surface area contributed by atoms with Crippen LogP contribution in [0.25, 0.3) is 78.3 Å². The molecule has 0 spiro atoms. The highest BCUT2D eigenvalue weighted by atomic mass is 15.0. The fourth-order valence-corrected chi connectivity index (χ4v) is 10.6. The first-order valence-corrected chi connectivity index (χ1v) is 21.1. The number of hydrogen-bond acceptors (Lipinski definition) is 4. The van der Waals surface area contributed by atoms with E-state index < -0.39 is 0 Å². The van der Waals surface area contributed by atoms with Gasteiger partial charge >= 0.3 is 0 Å². The Labute approximate surface area is 347 Å². The van der Waals surface area contributed by atoms with E-state index in [-0.39, 0.29) is 0 Å². The Morgan fingerprint density at radius 2 is 0.898 bits per heavy atom. The molecule has 4 atom stereocenters. The number of aromatic nitrogens is 3. The first-order valence-electron chi connectivity index (χ1n) is 21.1. The molecule has 2 aliphatic rings. The lowest BCUT2D eigenvalue weighted by molar-refractivity contribution is 0.0780. The van der Waals surface area contributed by atoms with Crippen LogP contribution < -0.4 is 0 Å². The molecular formula is C55H46N4. The van der Waals surface area contributed by atoms with E-state index in [1.807, 2.05) is 24.3 Å². The predicted molar refractivity (Wildman–Crippen MR) is 241 cm³/mol. The number of benzene rings is 7. The summed E-state index contributed by atoms with van der Waals surface area (Å²) in [5, 5.41) is 11.9. The molecule has 0 saturated heterocycles. The van der Waals surface area contributed by atoms with Crippen molar-refractivity contribution in [3.63, 3.8) is 0 Å². The third kappa shape index (κ3) is 7.12. The molecule has 4 heteroatoms. The summed E-state index contributed by atoms with van der Waals surface area (Å²) in [4.78, 5) is 15.1. The molecule has 2 bridgehead atoms. The molecule has 0 radical (unpaired) electrons. The van der Waals surface area contributed by atoms with E-state index in [2.05, 4.69) is 159 Å². The molecule has 7 aromatic carbocycles. The SMILES string of the molecule is C[C@@H]1C[C@@H]2C[C@H](C)CC(c3ccc(-c4ccc(-c5nc(-c6ccc(C#N)cc6)nc(-c6ccc(-c7cccc8cccc(-c9ccccc9)c78)cc6)n5)cc4)cc3)(C1)C2. The van der Waals surface area contributed by atoms with Gasteiger partial charge in [-0.1, -0.05) is 153 Å². The minimum atomic E-state index is 0.327. The monoisotopic (exact) mass is 762 g/mol. The highest BCUT2D eigenvalue weighted by molar-refractivity contribution is 6.06. The maximum atomic E-state index is 9.46. The minimum Gasteiger partial charge on any atom is -0.208 e. The van der Waals surface area contributed by atoms with E-state index in [1.54, 1.807) is 0 Å². The summed E-state index contributed by atoms with van der Waals surface area (Å²) < 4.78 is 0. The molecule has 2 saturated carbocycles. The Morgan fingerprint density at radius 1 is 0.458 bits per heavy atom. The Morgan fingerprint density at radius 3 is 1.41 bits per heavy atom. The van der Waals surface area contributed by atoms with E-state index in [0.29, 0.717) is 28.5 Å². The smallest absolute Gasteiger partial charge is 0.164 e. The molecule has 0 amide bonds. The summed E-state index contributed by atoms with van der Waals surface area (Å²) in [6.07, 6.45) is 6.75. The van der Waals surface area contributed by atoms with E-state index in [9.17, 15) is 5.26 Å². The highest BCUT2D eigenvalue weighted by Gasteiger charge is 2.45. The van der Waals surface area contributed by atoms with Gasteiger partial charge in [-0.15, -0.1) is 0 Å². The molecule has 4 nitrogen and oxygen atoms in total. The normalized spacial score (nSPS) is 19.9. The van der Waals surface area contributed by atoms with Gasteiger partial charge in [0.2, 0.25) is 0 Å². The van der Waals surface area contributed by atoms with Crippen molar-refractivity contribution in [3.05, 3.63) is 175 Å². The first kappa shape index (κ1) is 36.6. The fraction of sp³-hybridized carbons (Fsp3) is 0.200. The molecule has 10 rings (SSSR count). The van der Waals surface area contributed by atoms with Crippen LogP contribution in [0.4, 0.5) is 0 Å². The van der Waals surface area contributed by atoms with Crippen molar-refractivity contribution in [2.24, 2.45) is 17.8 Å². The zero-order chi connectivity index (χ0) is 39.9. The molecule has 2 fully saturated rings. The van der Waals surface area contributed by atoms with Crippen molar-refractivity contribution in [2.45, 2.75) is 51.4 Å². The predicted octanol–water partition coefficient (Wildman–Crippen LogP) is 14.0. The van der Waals surface area contributed by atoms with Gasteiger partial charge in [-0.3, -0.25) is 0 Å². The largest absolute Gasteiger partial charge is 0.208 e. The average molecular weight is 763 g/mol. The summed E-state index contributed by atoms with van der Waals surface area (Å²) in [5.41, 5.74) is 12.2. The van der Waals surface area contributed by atoms with Crippen molar-refractivity contribution in [1.82, 2.24) is 15.0 Å². The van der Waals surface area contributed by atoms with Crippen molar-refractivity contribution in [2.75, 3.05) is 0 Å². The number of rotatable bonds is 7. The van der Waals surface area contributed by atoms with Gasteiger partial charge in [0.15, 0.2) is 17.5 Å². The maximum Gasteiger partial charge on any atom is 0.164 e. The Hall–Kier alpha value is -6.70. The van der Waals surface area contributed by atoms with E-state index in [0.717, 1.165) is 40.0 Å². The lowest BCUT2D eigenvalue weighted by Gasteiger charge is -2.50. The zero-order valence-electron chi connectivity index (χ0n) is 33.6. The second kappa shape index (κ2) is 15.2. The van der Waals surface area contributed by atoms with Gasteiger partial charge in [0.05, 0.1) is 11.6 Å².